The van der Waals surface area contributed by atoms with Crippen molar-refractivity contribution in [2.45, 2.75) is 40.0 Å². The number of nitrogens with zero attached hydrogens (tertiary/aromatic N) is 3. The smallest absolute Gasteiger partial charge is 0.238 e. The Balaban J connectivity index is 1.53. The highest BCUT2D eigenvalue weighted by atomic mass is 16.5. The molecule has 1 aliphatic rings. The largest absolute Gasteiger partial charge is 0.340 e. The van der Waals surface area contributed by atoms with Gasteiger partial charge >= 0.3 is 0 Å². The van der Waals surface area contributed by atoms with Crippen LogP contribution in [0.3, 0.4) is 0 Å². The number of nitrogens with one attached hydrogen (secondary N) is 1. The highest BCUT2D eigenvalue weighted by Crippen LogP contribution is 2.20. The normalized spacial score (nSPS) is 18.3. The predicted molar refractivity (Wildman–Crippen MR) is 96.4 cm³/mol. The van der Waals surface area contributed by atoms with Crippen molar-refractivity contribution in [1.29, 1.82) is 0 Å². The molecule has 1 fully saturated rings. The van der Waals surface area contributed by atoms with Crippen molar-refractivity contribution in [2.75, 3.05) is 25.0 Å². The topological polar surface area (TPSA) is 71.3 Å². The van der Waals surface area contributed by atoms with Crippen LogP contribution in [-0.4, -0.2) is 40.6 Å². The van der Waals surface area contributed by atoms with Crippen LogP contribution in [0.5, 0.6) is 0 Å². The quantitative estimate of drug-likeness (QED) is 0.905. The Morgan fingerprint density at radius 1 is 1.36 bits per heavy atom. The second kappa shape index (κ2) is 7.78. The molecule has 1 saturated heterocycles. The van der Waals surface area contributed by atoms with Crippen molar-refractivity contribution in [2.24, 2.45) is 5.92 Å². The van der Waals surface area contributed by atoms with Gasteiger partial charge in [0.25, 0.3) is 0 Å². The van der Waals surface area contributed by atoms with E-state index in [1.165, 1.54) is 0 Å². The molecule has 25 heavy (non-hydrogen) atoms. The summed E-state index contributed by atoms with van der Waals surface area (Å²) < 4.78 is 5.05. The van der Waals surface area contributed by atoms with Crippen LogP contribution in [0.25, 0.3) is 0 Å². The Morgan fingerprint density at radius 2 is 2.20 bits per heavy atom. The number of hydrogen-bond acceptors (Lipinski definition) is 5. The Bertz CT molecular complexity index is 741. The van der Waals surface area contributed by atoms with Crippen molar-refractivity contribution in [3.63, 3.8) is 0 Å². The number of hydrogen-bond donors (Lipinski definition) is 1. The first-order valence-electron chi connectivity index (χ1n) is 8.88. The third kappa shape index (κ3) is 4.89. The van der Waals surface area contributed by atoms with Crippen molar-refractivity contribution < 1.29 is 9.32 Å². The lowest BCUT2D eigenvalue weighted by Gasteiger charge is -2.31. The van der Waals surface area contributed by atoms with E-state index in [0.717, 1.165) is 55.0 Å². The summed E-state index contributed by atoms with van der Waals surface area (Å²) in [4.78, 5) is 18.9. The second-order valence-corrected chi connectivity index (χ2v) is 7.04. The van der Waals surface area contributed by atoms with Crippen LogP contribution in [0.15, 0.2) is 22.7 Å². The van der Waals surface area contributed by atoms with Crippen molar-refractivity contribution in [3.8, 4) is 0 Å². The molecule has 134 valence electrons. The fraction of sp³-hybridized carbons (Fsp3) is 0.526. The van der Waals surface area contributed by atoms with Gasteiger partial charge in [0, 0.05) is 25.6 Å². The number of aryl methyl sites for hydroxylation is 3. The number of amides is 1. The van der Waals surface area contributed by atoms with Crippen LogP contribution in [-0.2, 0) is 11.2 Å². The zero-order chi connectivity index (χ0) is 17.8. The third-order valence-electron chi connectivity index (χ3n) is 4.68. The van der Waals surface area contributed by atoms with Crippen molar-refractivity contribution >= 4 is 11.6 Å². The minimum Gasteiger partial charge on any atom is -0.340 e. The maximum atomic E-state index is 12.4. The fourth-order valence-electron chi connectivity index (χ4n) is 3.41. The molecule has 2 heterocycles. The number of benzene rings is 1. The van der Waals surface area contributed by atoms with E-state index < -0.39 is 0 Å². The van der Waals surface area contributed by atoms with Crippen LogP contribution in [0.2, 0.25) is 0 Å². The molecule has 1 amide bonds. The van der Waals surface area contributed by atoms with Gasteiger partial charge in [-0.15, -0.1) is 0 Å². The van der Waals surface area contributed by atoms with E-state index in [1.807, 2.05) is 26.0 Å². The van der Waals surface area contributed by atoms with Gasteiger partial charge in [0.05, 0.1) is 6.54 Å². The Kier molecular flexibility index (Phi) is 5.48. The minimum absolute atomic E-state index is 0.0461. The van der Waals surface area contributed by atoms with E-state index in [-0.39, 0.29) is 5.91 Å². The maximum absolute atomic E-state index is 12.4. The molecule has 6 heteroatoms. The van der Waals surface area contributed by atoms with Gasteiger partial charge in [0.2, 0.25) is 11.8 Å². The Morgan fingerprint density at radius 3 is 2.96 bits per heavy atom. The standard InChI is InChI=1S/C19H26N4O2/c1-13-6-7-14(2)17(9-13)21-19(24)12-23-8-4-5-16(11-23)10-18-20-15(3)25-22-18/h6-7,9,16H,4-5,8,10-12H2,1-3H3,(H,21,24)/t16-/m0/s1. The van der Waals surface area contributed by atoms with Crippen LogP contribution in [0.4, 0.5) is 5.69 Å². The zero-order valence-electron chi connectivity index (χ0n) is 15.2. The number of carbonyl (C=O) groups excluding carboxylic acids is 1. The van der Waals surface area contributed by atoms with Crippen LogP contribution in [0, 0.1) is 26.7 Å². The SMILES string of the molecule is Cc1ccc(C)c(NC(=O)CN2CCC[C@@H](Cc3noc(C)n3)C2)c1. The summed E-state index contributed by atoms with van der Waals surface area (Å²) >= 11 is 0. The molecule has 0 spiro atoms. The van der Waals surface area contributed by atoms with Gasteiger partial charge in [-0.3, -0.25) is 9.69 Å². The van der Waals surface area contributed by atoms with Gasteiger partial charge in [0.15, 0.2) is 5.82 Å². The third-order valence-corrected chi connectivity index (χ3v) is 4.68. The summed E-state index contributed by atoms with van der Waals surface area (Å²) in [5, 5.41) is 7.03. The lowest BCUT2D eigenvalue weighted by atomic mass is 9.94. The van der Waals surface area contributed by atoms with E-state index in [1.54, 1.807) is 6.92 Å². The van der Waals surface area contributed by atoms with E-state index in [0.29, 0.717) is 18.4 Å². The highest BCUT2D eigenvalue weighted by Gasteiger charge is 2.23. The Labute approximate surface area is 148 Å². The predicted octanol–water partition coefficient (Wildman–Crippen LogP) is 2.89. The first kappa shape index (κ1) is 17.6. The molecule has 1 N–H and O–H groups in total. The van der Waals surface area contributed by atoms with Gasteiger partial charge in [-0.05, 0) is 56.3 Å². The zero-order valence-corrected chi connectivity index (χ0v) is 15.2. The number of rotatable bonds is 5. The number of carbonyl (C=O) groups is 1. The molecule has 0 bridgehead atoms. The van der Waals surface area contributed by atoms with Gasteiger partial charge < -0.3 is 9.84 Å². The molecular formula is C19H26N4O2. The van der Waals surface area contributed by atoms with Gasteiger partial charge in [-0.2, -0.15) is 4.98 Å². The van der Waals surface area contributed by atoms with Crippen molar-refractivity contribution in [1.82, 2.24) is 15.0 Å². The molecule has 1 atom stereocenters. The molecular weight excluding hydrogens is 316 g/mol. The second-order valence-electron chi connectivity index (χ2n) is 7.04. The van der Waals surface area contributed by atoms with Crippen LogP contribution < -0.4 is 5.32 Å². The summed E-state index contributed by atoms with van der Waals surface area (Å²) in [6.07, 6.45) is 3.05. The van der Waals surface area contributed by atoms with E-state index in [9.17, 15) is 4.79 Å². The van der Waals surface area contributed by atoms with Crippen molar-refractivity contribution in [3.05, 3.63) is 41.0 Å². The summed E-state index contributed by atoms with van der Waals surface area (Å²) in [5.41, 5.74) is 3.14. The van der Waals surface area contributed by atoms with Gasteiger partial charge in [-0.1, -0.05) is 17.3 Å². The lowest BCUT2D eigenvalue weighted by molar-refractivity contribution is -0.117. The highest BCUT2D eigenvalue weighted by molar-refractivity contribution is 5.93. The van der Waals surface area contributed by atoms with Gasteiger partial charge in [0.1, 0.15) is 0 Å². The lowest BCUT2D eigenvalue weighted by Crippen LogP contribution is -2.41. The van der Waals surface area contributed by atoms with E-state index in [2.05, 4.69) is 26.4 Å². The summed E-state index contributed by atoms with van der Waals surface area (Å²) in [6.45, 7) is 8.13. The molecule has 2 aromatic rings. The average molecular weight is 342 g/mol. The molecule has 0 aliphatic carbocycles. The summed E-state index contributed by atoms with van der Waals surface area (Å²) in [6, 6.07) is 6.11. The number of likely N-dealkylation sites (tertiary alicyclic amines) is 1. The van der Waals surface area contributed by atoms with E-state index in [4.69, 9.17) is 4.52 Å². The first-order chi connectivity index (χ1) is 12.0. The molecule has 1 aromatic carbocycles. The average Bonchev–Trinajstić information content (AvgIpc) is 2.96. The van der Waals surface area contributed by atoms with Crippen LogP contribution >= 0.6 is 0 Å². The summed E-state index contributed by atoms with van der Waals surface area (Å²) in [7, 11) is 0. The Hall–Kier alpha value is -2.21. The number of aromatic nitrogens is 2. The van der Waals surface area contributed by atoms with E-state index >= 15 is 0 Å². The van der Waals surface area contributed by atoms with Gasteiger partial charge in [-0.25, -0.2) is 0 Å². The number of anilines is 1. The molecule has 0 saturated carbocycles. The number of piperidine rings is 1. The molecule has 1 aliphatic heterocycles. The van der Waals surface area contributed by atoms with Crippen LogP contribution in [0.1, 0.15) is 35.7 Å². The molecule has 0 unspecified atom stereocenters. The molecule has 0 radical (unpaired) electrons. The minimum atomic E-state index is 0.0461. The maximum Gasteiger partial charge on any atom is 0.238 e. The summed E-state index contributed by atoms with van der Waals surface area (Å²) in [5.74, 6) is 1.89. The first-order valence-corrected chi connectivity index (χ1v) is 8.88. The fourth-order valence-corrected chi connectivity index (χ4v) is 3.41. The molecule has 1 aromatic heterocycles. The molecule has 3 rings (SSSR count). The monoisotopic (exact) mass is 342 g/mol. The molecule has 6 nitrogen and oxygen atoms in total.